The van der Waals surface area contributed by atoms with Crippen molar-refractivity contribution < 1.29 is 28.9 Å². The molecule has 2 bridgehead atoms. The molecule has 4 aliphatic rings. The molecule has 0 amide bonds. The highest BCUT2D eigenvalue weighted by molar-refractivity contribution is 6.28. The van der Waals surface area contributed by atoms with Gasteiger partial charge in [-0.05, 0) is 38.1 Å². The number of esters is 1. The van der Waals surface area contributed by atoms with Gasteiger partial charge >= 0.3 is 11.9 Å². The van der Waals surface area contributed by atoms with Crippen molar-refractivity contribution in [2.45, 2.75) is 18.4 Å². The van der Waals surface area contributed by atoms with Crippen LogP contribution in [-0.4, -0.2) is 48.4 Å². The Hall–Kier alpha value is -2.28. The summed E-state index contributed by atoms with van der Waals surface area (Å²) < 4.78 is 16.3. The zero-order chi connectivity index (χ0) is 16.0. The Morgan fingerprint density at radius 3 is 2.61 bits per heavy atom. The van der Waals surface area contributed by atoms with Crippen molar-refractivity contribution in [2.75, 3.05) is 26.4 Å². The smallest absolute Gasteiger partial charge is 0.418 e. The Bertz CT molecular complexity index is 667. The fourth-order valence-electron chi connectivity index (χ4n) is 3.89. The lowest BCUT2D eigenvalue weighted by Gasteiger charge is -2.52. The molecule has 4 heterocycles. The summed E-state index contributed by atoms with van der Waals surface area (Å²) in [6.45, 7) is 2.57. The van der Waals surface area contributed by atoms with E-state index in [1.165, 1.54) is 0 Å². The van der Waals surface area contributed by atoms with Crippen LogP contribution in [0.3, 0.4) is 0 Å². The standard InChI is InChI=1S/C16H17NO6/c18-14(19)15(20)23-16(8-17-5-3-10(16)4-6-17)11-1-2-12-13(7-11)22-9-21-12/h1-2,7,10H,3-6,8-9H2,(H,18,19). The summed E-state index contributed by atoms with van der Waals surface area (Å²) in [6, 6.07) is 5.43. The lowest BCUT2D eigenvalue weighted by molar-refractivity contribution is -0.194. The highest BCUT2D eigenvalue weighted by Gasteiger charge is 2.52. The number of carbonyl (C=O) groups excluding carboxylic acids is 1. The first-order chi connectivity index (χ1) is 11.1. The van der Waals surface area contributed by atoms with Crippen molar-refractivity contribution in [3.8, 4) is 11.5 Å². The highest BCUT2D eigenvalue weighted by Crippen LogP contribution is 2.47. The third-order valence-corrected chi connectivity index (χ3v) is 5.02. The molecule has 7 heteroatoms. The third kappa shape index (κ3) is 2.23. The molecule has 3 fully saturated rings. The molecule has 0 aliphatic carbocycles. The van der Waals surface area contributed by atoms with Crippen LogP contribution in [-0.2, 0) is 19.9 Å². The maximum Gasteiger partial charge on any atom is 0.418 e. The number of rotatable bonds is 2. The second kappa shape index (κ2) is 5.13. The molecule has 7 nitrogen and oxygen atoms in total. The summed E-state index contributed by atoms with van der Waals surface area (Å²) in [5, 5.41) is 8.97. The molecule has 122 valence electrons. The van der Waals surface area contributed by atoms with Crippen LogP contribution in [0, 0.1) is 5.92 Å². The number of ether oxygens (including phenoxy) is 3. The lowest BCUT2D eigenvalue weighted by Crippen LogP contribution is -2.59. The molecule has 0 saturated carbocycles. The maximum absolute atomic E-state index is 11.8. The average molecular weight is 319 g/mol. The number of benzene rings is 1. The number of hydrogen-bond donors (Lipinski definition) is 1. The van der Waals surface area contributed by atoms with E-state index in [-0.39, 0.29) is 12.7 Å². The van der Waals surface area contributed by atoms with Gasteiger partial charge in [-0.15, -0.1) is 0 Å². The molecule has 0 radical (unpaired) electrons. The Kier molecular flexibility index (Phi) is 3.19. The molecule has 5 rings (SSSR count). The topological polar surface area (TPSA) is 85.3 Å². The summed E-state index contributed by atoms with van der Waals surface area (Å²) in [5.41, 5.74) is -0.168. The summed E-state index contributed by atoms with van der Waals surface area (Å²) in [5.74, 6) is -1.42. The first-order valence-electron chi connectivity index (χ1n) is 7.67. The molecule has 1 atom stereocenters. The number of fused-ring (bicyclic) bond motifs is 4. The minimum absolute atomic E-state index is 0.108. The van der Waals surface area contributed by atoms with Gasteiger partial charge in [-0.2, -0.15) is 0 Å². The van der Waals surface area contributed by atoms with Gasteiger partial charge in [0.1, 0.15) is 0 Å². The number of nitrogens with zero attached hydrogens (tertiary/aromatic N) is 1. The van der Waals surface area contributed by atoms with E-state index >= 15 is 0 Å². The van der Waals surface area contributed by atoms with Crippen molar-refractivity contribution in [1.29, 1.82) is 0 Å². The van der Waals surface area contributed by atoms with Crippen LogP contribution in [0.1, 0.15) is 18.4 Å². The van der Waals surface area contributed by atoms with E-state index in [9.17, 15) is 9.59 Å². The van der Waals surface area contributed by atoms with Gasteiger partial charge in [0.2, 0.25) is 6.79 Å². The Morgan fingerprint density at radius 1 is 1.22 bits per heavy atom. The van der Waals surface area contributed by atoms with E-state index in [1.807, 2.05) is 6.07 Å². The van der Waals surface area contributed by atoms with E-state index < -0.39 is 17.5 Å². The van der Waals surface area contributed by atoms with Gasteiger partial charge in [0.15, 0.2) is 17.1 Å². The lowest BCUT2D eigenvalue weighted by atomic mass is 9.71. The minimum atomic E-state index is -1.57. The first-order valence-corrected chi connectivity index (χ1v) is 7.67. The fraction of sp³-hybridized carbons (Fsp3) is 0.500. The van der Waals surface area contributed by atoms with Crippen LogP contribution in [0.15, 0.2) is 18.2 Å². The normalized spacial score (nSPS) is 31.0. The molecule has 1 N–H and O–H groups in total. The van der Waals surface area contributed by atoms with E-state index in [1.54, 1.807) is 12.1 Å². The molecule has 1 aromatic rings. The quantitative estimate of drug-likeness (QED) is 0.642. The van der Waals surface area contributed by atoms with Crippen molar-refractivity contribution in [2.24, 2.45) is 5.92 Å². The van der Waals surface area contributed by atoms with Gasteiger partial charge in [0.05, 0.1) is 0 Å². The maximum atomic E-state index is 11.8. The zero-order valence-corrected chi connectivity index (χ0v) is 12.5. The molecular weight excluding hydrogens is 302 g/mol. The van der Waals surface area contributed by atoms with Crippen LogP contribution in [0.2, 0.25) is 0 Å². The van der Waals surface area contributed by atoms with E-state index in [2.05, 4.69) is 4.90 Å². The molecule has 1 unspecified atom stereocenters. The van der Waals surface area contributed by atoms with E-state index in [0.717, 1.165) is 31.5 Å². The number of carbonyl (C=O) groups is 2. The zero-order valence-electron chi connectivity index (χ0n) is 12.5. The monoisotopic (exact) mass is 319 g/mol. The average Bonchev–Trinajstić information content (AvgIpc) is 3.03. The molecule has 3 saturated heterocycles. The second-order valence-corrected chi connectivity index (χ2v) is 6.20. The number of aliphatic carboxylic acids is 1. The molecule has 0 aromatic heterocycles. The van der Waals surface area contributed by atoms with Crippen LogP contribution in [0.25, 0.3) is 0 Å². The molecule has 0 spiro atoms. The second-order valence-electron chi connectivity index (χ2n) is 6.20. The Morgan fingerprint density at radius 2 is 1.96 bits per heavy atom. The predicted octanol–water partition coefficient (Wildman–Crippen LogP) is 0.964. The van der Waals surface area contributed by atoms with Crippen LogP contribution in [0.5, 0.6) is 11.5 Å². The van der Waals surface area contributed by atoms with Crippen molar-refractivity contribution in [3.05, 3.63) is 23.8 Å². The number of hydrogen-bond acceptors (Lipinski definition) is 6. The number of piperidine rings is 3. The van der Waals surface area contributed by atoms with Crippen molar-refractivity contribution in [3.63, 3.8) is 0 Å². The van der Waals surface area contributed by atoms with E-state index in [0.29, 0.717) is 18.0 Å². The van der Waals surface area contributed by atoms with E-state index in [4.69, 9.17) is 19.3 Å². The number of carboxylic acid groups (broad SMARTS) is 1. The fourth-order valence-corrected chi connectivity index (χ4v) is 3.89. The summed E-state index contributed by atoms with van der Waals surface area (Å²) >= 11 is 0. The Labute approximate surface area is 132 Å². The predicted molar refractivity (Wildman–Crippen MR) is 77.1 cm³/mol. The van der Waals surface area contributed by atoms with Crippen LogP contribution >= 0.6 is 0 Å². The van der Waals surface area contributed by atoms with Crippen molar-refractivity contribution in [1.82, 2.24) is 4.90 Å². The SMILES string of the molecule is O=C(O)C(=O)OC1(c2ccc3c(c2)OCO3)CN2CCC1CC2. The van der Waals surface area contributed by atoms with Gasteiger partial charge in [-0.25, -0.2) is 9.59 Å². The highest BCUT2D eigenvalue weighted by atomic mass is 16.7. The molecule has 23 heavy (non-hydrogen) atoms. The molecular formula is C16H17NO6. The summed E-state index contributed by atoms with van der Waals surface area (Å²) in [4.78, 5) is 25.0. The van der Waals surface area contributed by atoms with Crippen molar-refractivity contribution >= 4 is 11.9 Å². The summed E-state index contributed by atoms with van der Waals surface area (Å²) in [6.07, 6.45) is 1.75. The first kappa shape index (κ1) is 14.3. The molecule has 4 aliphatic heterocycles. The van der Waals surface area contributed by atoms with Crippen LogP contribution < -0.4 is 9.47 Å². The van der Waals surface area contributed by atoms with Gasteiger partial charge in [-0.1, -0.05) is 6.07 Å². The van der Waals surface area contributed by atoms with Gasteiger partial charge in [0.25, 0.3) is 0 Å². The van der Waals surface area contributed by atoms with Gasteiger partial charge < -0.3 is 19.3 Å². The number of carboxylic acids is 1. The van der Waals surface area contributed by atoms with Gasteiger partial charge in [0, 0.05) is 18.0 Å². The largest absolute Gasteiger partial charge is 0.473 e. The molecule has 1 aromatic carbocycles. The van der Waals surface area contributed by atoms with Crippen LogP contribution in [0.4, 0.5) is 0 Å². The third-order valence-electron chi connectivity index (χ3n) is 5.02. The Balaban J connectivity index is 1.76. The van der Waals surface area contributed by atoms with Gasteiger partial charge in [-0.3, -0.25) is 4.90 Å². The summed E-state index contributed by atoms with van der Waals surface area (Å²) in [7, 11) is 0. The minimum Gasteiger partial charge on any atom is -0.473 e.